The summed E-state index contributed by atoms with van der Waals surface area (Å²) in [5.41, 5.74) is 4.84. The number of benzene rings is 1. The molecule has 0 saturated heterocycles. The van der Waals surface area contributed by atoms with Crippen molar-refractivity contribution >= 4 is 11.6 Å². The van der Waals surface area contributed by atoms with Gasteiger partial charge in [-0.15, -0.1) is 0 Å². The fourth-order valence-electron chi connectivity index (χ4n) is 1.59. The van der Waals surface area contributed by atoms with E-state index >= 15 is 0 Å². The molecule has 0 bridgehead atoms. The Morgan fingerprint density at radius 3 is 2.37 bits per heavy atom. The first-order chi connectivity index (χ1) is 9.06. The maximum atomic E-state index is 11.8. The van der Waals surface area contributed by atoms with Crippen molar-refractivity contribution in [1.29, 1.82) is 0 Å². The van der Waals surface area contributed by atoms with Gasteiger partial charge >= 0.3 is 0 Å². The molecule has 1 aromatic carbocycles. The molecule has 0 radical (unpaired) electrons. The van der Waals surface area contributed by atoms with Crippen LogP contribution in [0.4, 0.5) is 0 Å². The van der Waals surface area contributed by atoms with Gasteiger partial charge in [-0.05, 0) is 45.0 Å². The molecule has 0 fully saturated rings. The van der Waals surface area contributed by atoms with E-state index in [0.717, 1.165) is 11.3 Å². The minimum atomic E-state index is -0.234. The lowest BCUT2D eigenvalue weighted by Crippen LogP contribution is -2.19. The van der Waals surface area contributed by atoms with Crippen molar-refractivity contribution < 1.29 is 9.21 Å². The summed E-state index contributed by atoms with van der Waals surface area (Å²) in [5.74, 6) is 1.23. The second kappa shape index (κ2) is 5.52. The summed E-state index contributed by atoms with van der Waals surface area (Å²) < 4.78 is 5.42. The first kappa shape index (κ1) is 13.1. The first-order valence-electron chi connectivity index (χ1n) is 6.04. The number of hydrazone groups is 1. The van der Waals surface area contributed by atoms with Gasteiger partial charge in [0.2, 0.25) is 0 Å². The van der Waals surface area contributed by atoms with Crippen LogP contribution in [0.2, 0.25) is 0 Å². The number of amides is 1. The summed E-state index contributed by atoms with van der Waals surface area (Å²) in [6.45, 7) is 5.62. The van der Waals surface area contributed by atoms with Crippen molar-refractivity contribution in [2.75, 3.05) is 0 Å². The van der Waals surface area contributed by atoms with Crippen molar-refractivity contribution in [1.82, 2.24) is 5.43 Å². The maximum absolute atomic E-state index is 11.8. The molecule has 1 N–H and O–H groups in total. The number of nitrogens with one attached hydrogen (secondary N) is 1. The average molecular weight is 256 g/mol. The van der Waals surface area contributed by atoms with Crippen LogP contribution in [0.1, 0.15) is 34.4 Å². The zero-order valence-electron chi connectivity index (χ0n) is 11.2. The first-order valence-corrected chi connectivity index (χ1v) is 6.04. The average Bonchev–Trinajstić information content (AvgIpc) is 2.83. The number of hydrogen-bond donors (Lipinski definition) is 1. The van der Waals surface area contributed by atoms with Gasteiger partial charge in [-0.3, -0.25) is 4.79 Å². The van der Waals surface area contributed by atoms with Crippen molar-refractivity contribution in [2.24, 2.45) is 5.10 Å². The van der Waals surface area contributed by atoms with Crippen molar-refractivity contribution in [3.05, 3.63) is 59.0 Å². The molecular weight excluding hydrogens is 240 g/mol. The van der Waals surface area contributed by atoms with Crippen molar-refractivity contribution in [3.8, 4) is 0 Å². The third kappa shape index (κ3) is 3.31. The van der Waals surface area contributed by atoms with Crippen LogP contribution < -0.4 is 5.43 Å². The van der Waals surface area contributed by atoms with Crippen molar-refractivity contribution in [2.45, 2.75) is 20.8 Å². The molecule has 0 aliphatic heterocycles. The Kier molecular flexibility index (Phi) is 3.80. The zero-order valence-corrected chi connectivity index (χ0v) is 11.2. The summed E-state index contributed by atoms with van der Waals surface area (Å²) in [4.78, 5) is 11.8. The Morgan fingerprint density at radius 2 is 1.79 bits per heavy atom. The van der Waals surface area contributed by atoms with Gasteiger partial charge in [-0.2, -0.15) is 5.10 Å². The Morgan fingerprint density at radius 1 is 1.11 bits per heavy atom. The van der Waals surface area contributed by atoms with Crippen LogP contribution in [-0.2, 0) is 0 Å². The fourth-order valence-corrected chi connectivity index (χ4v) is 1.59. The van der Waals surface area contributed by atoms with Crippen LogP contribution in [0, 0.1) is 13.8 Å². The molecule has 2 aromatic rings. The predicted octanol–water partition coefficient (Wildman–Crippen LogP) is 3.05. The van der Waals surface area contributed by atoms with E-state index in [9.17, 15) is 4.79 Å². The van der Waals surface area contributed by atoms with Crippen LogP contribution in [0.3, 0.4) is 0 Å². The van der Waals surface area contributed by atoms with Crippen LogP contribution in [0.25, 0.3) is 0 Å². The van der Waals surface area contributed by atoms with E-state index in [1.807, 2.05) is 38.1 Å². The molecule has 0 unspecified atom stereocenters. The SMILES string of the molecule is CC(=NNC(=O)c1ccc(C)cc1)c1ccc(C)o1. The molecule has 0 atom stereocenters. The zero-order chi connectivity index (χ0) is 13.8. The minimum absolute atomic E-state index is 0.234. The standard InChI is InChI=1S/C15H16N2O2/c1-10-4-7-13(8-5-10)15(18)17-16-12(3)14-9-6-11(2)19-14/h4-9H,1-3H3,(H,17,18). The Labute approximate surface area is 112 Å². The third-order valence-electron chi connectivity index (χ3n) is 2.74. The molecule has 1 aromatic heterocycles. The largest absolute Gasteiger partial charge is 0.460 e. The fraction of sp³-hybridized carbons (Fsp3) is 0.200. The lowest BCUT2D eigenvalue weighted by molar-refractivity contribution is 0.0955. The number of hydrogen-bond acceptors (Lipinski definition) is 3. The lowest BCUT2D eigenvalue weighted by Gasteiger charge is -2.01. The molecule has 4 heteroatoms. The van der Waals surface area contributed by atoms with E-state index in [0.29, 0.717) is 17.0 Å². The van der Waals surface area contributed by atoms with Gasteiger partial charge in [0.25, 0.3) is 5.91 Å². The Hall–Kier alpha value is -2.36. The van der Waals surface area contributed by atoms with Gasteiger partial charge < -0.3 is 4.42 Å². The molecule has 0 aliphatic carbocycles. The molecule has 1 heterocycles. The summed E-state index contributed by atoms with van der Waals surface area (Å²) in [6, 6.07) is 11.0. The van der Waals surface area contributed by atoms with Gasteiger partial charge in [-0.1, -0.05) is 17.7 Å². The maximum Gasteiger partial charge on any atom is 0.271 e. The number of furan rings is 1. The summed E-state index contributed by atoms with van der Waals surface area (Å²) in [6.07, 6.45) is 0. The quantitative estimate of drug-likeness (QED) is 0.677. The van der Waals surface area contributed by atoms with Crippen LogP contribution in [-0.4, -0.2) is 11.6 Å². The van der Waals surface area contributed by atoms with E-state index in [2.05, 4.69) is 10.5 Å². The molecule has 0 spiro atoms. The number of aryl methyl sites for hydroxylation is 2. The second-order valence-electron chi connectivity index (χ2n) is 4.41. The number of rotatable bonds is 3. The van der Waals surface area contributed by atoms with E-state index in [-0.39, 0.29) is 5.91 Å². The topological polar surface area (TPSA) is 54.6 Å². The van der Waals surface area contributed by atoms with E-state index in [1.54, 1.807) is 19.1 Å². The number of carbonyl (C=O) groups excluding carboxylic acids is 1. The Balaban J connectivity index is 2.05. The third-order valence-corrected chi connectivity index (χ3v) is 2.74. The predicted molar refractivity (Wildman–Crippen MR) is 74.3 cm³/mol. The summed E-state index contributed by atoms with van der Waals surface area (Å²) in [5, 5.41) is 4.03. The Bertz CT molecular complexity index is 609. The van der Waals surface area contributed by atoms with E-state index in [1.165, 1.54) is 0 Å². The highest BCUT2D eigenvalue weighted by Gasteiger charge is 2.06. The molecule has 98 valence electrons. The van der Waals surface area contributed by atoms with Gasteiger partial charge in [0.05, 0.1) is 0 Å². The van der Waals surface area contributed by atoms with Gasteiger partial charge in [0.15, 0.2) is 0 Å². The number of nitrogens with zero attached hydrogens (tertiary/aromatic N) is 1. The minimum Gasteiger partial charge on any atom is -0.460 e. The van der Waals surface area contributed by atoms with Crippen LogP contribution in [0.15, 0.2) is 45.9 Å². The highest BCUT2D eigenvalue weighted by Crippen LogP contribution is 2.07. The van der Waals surface area contributed by atoms with Crippen molar-refractivity contribution in [3.63, 3.8) is 0 Å². The summed E-state index contributed by atoms with van der Waals surface area (Å²) in [7, 11) is 0. The highest BCUT2D eigenvalue weighted by atomic mass is 16.3. The molecule has 2 rings (SSSR count). The lowest BCUT2D eigenvalue weighted by atomic mass is 10.1. The number of carbonyl (C=O) groups is 1. The molecule has 0 saturated carbocycles. The van der Waals surface area contributed by atoms with Gasteiger partial charge in [0, 0.05) is 5.56 Å². The van der Waals surface area contributed by atoms with Gasteiger partial charge in [-0.25, -0.2) is 5.43 Å². The molecular formula is C15H16N2O2. The van der Waals surface area contributed by atoms with E-state index in [4.69, 9.17) is 4.42 Å². The van der Waals surface area contributed by atoms with Crippen LogP contribution in [0.5, 0.6) is 0 Å². The highest BCUT2D eigenvalue weighted by molar-refractivity contribution is 5.99. The molecule has 0 aliphatic rings. The normalized spacial score (nSPS) is 11.4. The molecule has 19 heavy (non-hydrogen) atoms. The van der Waals surface area contributed by atoms with E-state index < -0.39 is 0 Å². The smallest absolute Gasteiger partial charge is 0.271 e. The summed E-state index contributed by atoms with van der Waals surface area (Å²) >= 11 is 0. The van der Waals surface area contributed by atoms with Crippen LogP contribution >= 0.6 is 0 Å². The van der Waals surface area contributed by atoms with Gasteiger partial charge in [0.1, 0.15) is 17.2 Å². The second-order valence-corrected chi connectivity index (χ2v) is 4.41. The molecule has 4 nitrogen and oxygen atoms in total. The monoisotopic (exact) mass is 256 g/mol. The molecule has 1 amide bonds.